The van der Waals surface area contributed by atoms with Crippen molar-refractivity contribution in [1.29, 1.82) is 0 Å². The largest absolute Gasteiger partial charge is 0.357 e. The minimum absolute atomic E-state index is 0.731. The molecule has 1 saturated heterocycles. The number of aliphatic imine (C=N–C) groups is 1. The number of aromatic nitrogens is 1. The van der Waals surface area contributed by atoms with Gasteiger partial charge >= 0.3 is 0 Å². The second kappa shape index (κ2) is 11.5. The highest BCUT2D eigenvalue weighted by Gasteiger charge is 2.18. The van der Waals surface area contributed by atoms with Crippen LogP contribution in [0.25, 0.3) is 0 Å². The van der Waals surface area contributed by atoms with Crippen LogP contribution >= 0.6 is 11.3 Å². The molecule has 1 aliphatic heterocycles. The van der Waals surface area contributed by atoms with E-state index in [2.05, 4.69) is 41.3 Å². The van der Waals surface area contributed by atoms with Crippen LogP contribution in [-0.4, -0.2) is 55.1 Å². The molecule has 0 atom stereocenters. The molecule has 0 amide bonds. The van der Waals surface area contributed by atoms with E-state index in [1.165, 1.54) is 48.8 Å². The van der Waals surface area contributed by atoms with Crippen molar-refractivity contribution in [3.05, 3.63) is 16.1 Å². The zero-order valence-corrected chi connectivity index (χ0v) is 17.0. The van der Waals surface area contributed by atoms with Gasteiger partial charge in [-0.25, -0.2) is 4.98 Å². The van der Waals surface area contributed by atoms with Crippen molar-refractivity contribution in [2.45, 2.75) is 52.9 Å². The van der Waals surface area contributed by atoms with Crippen LogP contribution in [0.3, 0.4) is 0 Å². The Labute approximate surface area is 157 Å². The summed E-state index contributed by atoms with van der Waals surface area (Å²) in [5.41, 5.74) is 0. The van der Waals surface area contributed by atoms with Gasteiger partial charge in [-0.2, -0.15) is 0 Å². The lowest BCUT2D eigenvalue weighted by Gasteiger charge is -2.31. The molecule has 0 bridgehead atoms. The van der Waals surface area contributed by atoms with Crippen molar-refractivity contribution in [3.63, 3.8) is 0 Å². The molecule has 0 unspecified atom stereocenters. The number of nitrogens with zero attached hydrogens (tertiary/aromatic N) is 3. The first kappa shape index (κ1) is 20.2. The van der Waals surface area contributed by atoms with E-state index in [1.54, 1.807) is 0 Å². The maximum atomic E-state index is 4.82. The van der Waals surface area contributed by atoms with E-state index in [4.69, 9.17) is 4.99 Å². The fourth-order valence-corrected chi connectivity index (χ4v) is 4.05. The normalized spacial score (nSPS) is 17.0. The van der Waals surface area contributed by atoms with Crippen LogP contribution < -0.4 is 10.6 Å². The van der Waals surface area contributed by atoms with Crippen molar-refractivity contribution in [2.24, 2.45) is 10.9 Å². The van der Waals surface area contributed by atoms with Crippen LogP contribution in [0, 0.1) is 5.92 Å². The van der Waals surface area contributed by atoms with Gasteiger partial charge in [-0.15, -0.1) is 11.3 Å². The Hall–Kier alpha value is -1.14. The molecule has 1 fully saturated rings. The van der Waals surface area contributed by atoms with Gasteiger partial charge in [-0.1, -0.05) is 13.8 Å². The first-order valence-electron chi connectivity index (χ1n) is 9.93. The minimum atomic E-state index is 0.731. The molecule has 0 radical (unpaired) electrons. The molecular weight excluding hydrogens is 330 g/mol. The van der Waals surface area contributed by atoms with Crippen LogP contribution in [0.15, 0.2) is 11.2 Å². The molecule has 1 aromatic rings. The maximum absolute atomic E-state index is 4.82. The number of likely N-dealkylation sites (tertiary alicyclic amines) is 1. The molecule has 5 nitrogen and oxygen atoms in total. The van der Waals surface area contributed by atoms with Gasteiger partial charge in [-0.05, 0) is 58.2 Å². The van der Waals surface area contributed by atoms with Crippen molar-refractivity contribution in [1.82, 2.24) is 20.5 Å². The molecule has 142 valence electrons. The molecule has 2 N–H and O–H groups in total. The lowest BCUT2D eigenvalue weighted by atomic mass is 9.97. The quantitative estimate of drug-likeness (QED) is 0.522. The predicted molar refractivity (Wildman–Crippen MR) is 109 cm³/mol. The van der Waals surface area contributed by atoms with E-state index in [0.29, 0.717) is 0 Å². The van der Waals surface area contributed by atoms with Gasteiger partial charge in [0.2, 0.25) is 0 Å². The number of piperidine rings is 1. The summed E-state index contributed by atoms with van der Waals surface area (Å²) in [7, 11) is 0. The fourth-order valence-electron chi connectivity index (χ4n) is 3.19. The van der Waals surface area contributed by atoms with Crippen LogP contribution in [0.4, 0.5) is 0 Å². The highest BCUT2D eigenvalue weighted by Crippen LogP contribution is 2.17. The second-order valence-corrected chi connectivity index (χ2v) is 7.96. The van der Waals surface area contributed by atoms with Crippen LogP contribution in [0.1, 0.15) is 49.9 Å². The van der Waals surface area contributed by atoms with Crippen LogP contribution in [-0.2, 0) is 12.8 Å². The highest BCUT2D eigenvalue weighted by atomic mass is 32.1. The van der Waals surface area contributed by atoms with Crippen LogP contribution in [0.2, 0.25) is 0 Å². The molecule has 1 aromatic heterocycles. The van der Waals surface area contributed by atoms with Gasteiger partial charge in [0.25, 0.3) is 0 Å². The molecule has 6 heteroatoms. The van der Waals surface area contributed by atoms with Gasteiger partial charge in [0, 0.05) is 37.1 Å². The number of thiazole rings is 1. The van der Waals surface area contributed by atoms with E-state index < -0.39 is 0 Å². The smallest absolute Gasteiger partial charge is 0.191 e. The van der Waals surface area contributed by atoms with E-state index in [1.807, 2.05) is 17.5 Å². The second-order valence-electron chi connectivity index (χ2n) is 6.76. The van der Waals surface area contributed by atoms with Crippen LogP contribution in [0.5, 0.6) is 0 Å². The predicted octanol–water partition coefficient (Wildman–Crippen LogP) is 2.93. The molecule has 2 rings (SSSR count). The number of hydrogen-bond acceptors (Lipinski definition) is 4. The van der Waals surface area contributed by atoms with E-state index in [9.17, 15) is 0 Å². The summed E-state index contributed by atoms with van der Waals surface area (Å²) in [6, 6.07) is 0. The summed E-state index contributed by atoms with van der Waals surface area (Å²) in [6.45, 7) is 13.0. The first-order valence-corrected chi connectivity index (χ1v) is 10.7. The highest BCUT2D eigenvalue weighted by molar-refractivity contribution is 7.11. The maximum Gasteiger partial charge on any atom is 0.191 e. The van der Waals surface area contributed by atoms with Gasteiger partial charge < -0.3 is 15.5 Å². The average molecular weight is 366 g/mol. The molecule has 25 heavy (non-hydrogen) atoms. The Morgan fingerprint density at radius 3 is 2.72 bits per heavy atom. The molecule has 0 saturated carbocycles. The van der Waals surface area contributed by atoms with Gasteiger partial charge in [-0.3, -0.25) is 4.99 Å². The van der Waals surface area contributed by atoms with Gasteiger partial charge in [0.15, 0.2) is 5.96 Å². The minimum Gasteiger partial charge on any atom is -0.357 e. The number of nitrogens with one attached hydrogen (secondary N) is 2. The van der Waals surface area contributed by atoms with E-state index in [0.717, 1.165) is 44.4 Å². The Balaban J connectivity index is 1.72. The Morgan fingerprint density at radius 2 is 2.08 bits per heavy atom. The first-order chi connectivity index (χ1) is 12.2. The summed E-state index contributed by atoms with van der Waals surface area (Å²) in [5, 5.41) is 8.04. The third-order valence-corrected chi connectivity index (χ3v) is 5.88. The molecule has 0 spiro atoms. The summed E-state index contributed by atoms with van der Waals surface area (Å²) in [5.74, 6) is 1.68. The summed E-state index contributed by atoms with van der Waals surface area (Å²) in [4.78, 5) is 13.3. The zero-order chi connectivity index (χ0) is 17.9. The van der Waals surface area contributed by atoms with E-state index >= 15 is 0 Å². The topological polar surface area (TPSA) is 52.5 Å². The van der Waals surface area contributed by atoms with Crippen molar-refractivity contribution < 1.29 is 0 Å². The van der Waals surface area contributed by atoms with Crippen molar-refractivity contribution in [2.75, 3.05) is 39.3 Å². The number of guanidine groups is 1. The zero-order valence-electron chi connectivity index (χ0n) is 16.2. The van der Waals surface area contributed by atoms with Gasteiger partial charge in [0.05, 0.1) is 5.01 Å². The SMILES string of the molecule is CCCN1CCC(CN=C(NCC)NCCc2ncc(CC)s2)CC1. The third kappa shape index (κ3) is 7.32. The molecule has 2 heterocycles. The number of hydrogen-bond donors (Lipinski definition) is 2. The molecule has 1 aliphatic rings. The Morgan fingerprint density at radius 1 is 1.28 bits per heavy atom. The monoisotopic (exact) mass is 365 g/mol. The van der Waals surface area contributed by atoms with Crippen molar-refractivity contribution >= 4 is 17.3 Å². The summed E-state index contributed by atoms with van der Waals surface area (Å²) >= 11 is 1.82. The number of rotatable bonds is 9. The molecule has 0 aliphatic carbocycles. The standard InChI is InChI=1S/C19H35N5S/c1-4-11-24-12-8-16(9-13-24)14-23-19(20-6-3)21-10-7-18-22-15-17(5-2)25-18/h15-16H,4-14H2,1-3H3,(H2,20,21,23). The lowest BCUT2D eigenvalue weighted by Crippen LogP contribution is -2.39. The average Bonchev–Trinajstić information content (AvgIpc) is 3.09. The van der Waals surface area contributed by atoms with Crippen molar-refractivity contribution in [3.8, 4) is 0 Å². The molecular formula is C19H35N5S. The third-order valence-electron chi connectivity index (χ3n) is 4.68. The molecule has 0 aromatic carbocycles. The number of aryl methyl sites for hydroxylation is 1. The van der Waals surface area contributed by atoms with Gasteiger partial charge in [0.1, 0.15) is 0 Å². The summed E-state index contributed by atoms with van der Waals surface area (Å²) < 4.78 is 0. The lowest BCUT2D eigenvalue weighted by molar-refractivity contribution is 0.188. The Bertz CT molecular complexity index is 506. The summed E-state index contributed by atoms with van der Waals surface area (Å²) in [6.07, 6.45) is 7.86. The fraction of sp³-hybridized carbons (Fsp3) is 0.789. The van der Waals surface area contributed by atoms with E-state index in [-0.39, 0.29) is 0 Å². The Kier molecular flexibility index (Phi) is 9.26.